The number of nitrogens with one attached hydrogen (secondary N) is 2. The van der Waals surface area contributed by atoms with E-state index in [1.165, 1.54) is 24.3 Å². The Bertz CT molecular complexity index is 843. The lowest BCUT2D eigenvalue weighted by Gasteiger charge is -2.19. The third kappa shape index (κ3) is 5.32. The lowest BCUT2D eigenvalue weighted by atomic mass is 10.2. The number of ether oxygens (including phenoxy) is 3. The molecule has 0 aromatic heterocycles. The number of amides is 2. The van der Waals surface area contributed by atoms with Gasteiger partial charge >= 0.3 is 6.61 Å². The molecule has 2 aromatic rings. The summed E-state index contributed by atoms with van der Waals surface area (Å²) in [5, 5.41) is 5.15. The molecule has 28 heavy (non-hydrogen) atoms. The van der Waals surface area contributed by atoms with Gasteiger partial charge in [0.2, 0.25) is 5.91 Å². The van der Waals surface area contributed by atoms with Crippen LogP contribution >= 0.6 is 0 Å². The van der Waals surface area contributed by atoms with Crippen LogP contribution in [0.5, 0.6) is 17.2 Å². The molecular weight excluding hydrogens is 374 g/mol. The number of alkyl halides is 2. The lowest BCUT2D eigenvalue weighted by Crippen LogP contribution is -2.36. The van der Waals surface area contributed by atoms with Crippen molar-refractivity contribution in [3.63, 3.8) is 0 Å². The summed E-state index contributed by atoms with van der Waals surface area (Å²) in [5.41, 5.74) is 1.06. The van der Waals surface area contributed by atoms with Crippen LogP contribution in [0, 0.1) is 0 Å². The second kappa shape index (κ2) is 9.03. The highest BCUT2D eigenvalue weighted by Crippen LogP contribution is 2.30. The first-order valence-corrected chi connectivity index (χ1v) is 8.49. The summed E-state index contributed by atoms with van der Waals surface area (Å²) in [5.74, 6) is 0.367. The van der Waals surface area contributed by atoms with Crippen molar-refractivity contribution in [1.82, 2.24) is 10.6 Å². The van der Waals surface area contributed by atoms with Crippen LogP contribution in [0.25, 0.3) is 0 Å². The Morgan fingerprint density at radius 1 is 1.00 bits per heavy atom. The summed E-state index contributed by atoms with van der Waals surface area (Å²) in [4.78, 5) is 23.9. The van der Waals surface area contributed by atoms with Gasteiger partial charge < -0.3 is 24.8 Å². The fraction of sp³-hybridized carbons (Fsp3) is 0.263. The summed E-state index contributed by atoms with van der Waals surface area (Å²) in [6, 6.07) is 10.6. The monoisotopic (exact) mass is 392 g/mol. The van der Waals surface area contributed by atoms with E-state index in [4.69, 9.17) is 9.47 Å². The van der Waals surface area contributed by atoms with E-state index in [1.807, 2.05) is 6.07 Å². The first-order chi connectivity index (χ1) is 13.5. The van der Waals surface area contributed by atoms with Gasteiger partial charge in [-0.15, -0.1) is 0 Å². The van der Waals surface area contributed by atoms with Gasteiger partial charge in [0, 0.05) is 12.1 Å². The van der Waals surface area contributed by atoms with Crippen molar-refractivity contribution in [3.8, 4) is 17.2 Å². The maximum Gasteiger partial charge on any atom is 0.387 e. The van der Waals surface area contributed by atoms with Crippen LogP contribution in [0.2, 0.25) is 0 Å². The quantitative estimate of drug-likeness (QED) is 0.754. The van der Waals surface area contributed by atoms with Gasteiger partial charge in [-0.1, -0.05) is 6.07 Å². The largest absolute Gasteiger partial charge is 0.486 e. The van der Waals surface area contributed by atoms with E-state index in [1.54, 1.807) is 12.1 Å². The molecule has 0 aliphatic carbocycles. The molecule has 1 heterocycles. The molecular formula is C19H18F2N2O5. The minimum atomic E-state index is -2.93. The summed E-state index contributed by atoms with van der Waals surface area (Å²) in [6.07, 6.45) is 0. The minimum absolute atomic E-state index is 0.0521. The molecule has 0 fully saturated rings. The van der Waals surface area contributed by atoms with E-state index >= 15 is 0 Å². The average Bonchev–Trinajstić information content (AvgIpc) is 2.70. The maximum absolute atomic E-state index is 12.1. The Balaban J connectivity index is 1.44. The van der Waals surface area contributed by atoms with Crippen molar-refractivity contribution in [2.75, 3.05) is 19.8 Å². The molecule has 0 spiro atoms. The Hall–Kier alpha value is -3.36. The van der Waals surface area contributed by atoms with Crippen LogP contribution in [-0.2, 0) is 11.3 Å². The van der Waals surface area contributed by atoms with Crippen molar-refractivity contribution in [2.45, 2.75) is 13.2 Å². The predicted molar refractivity (Wildman–Crippen MR) is 94.7 cm³/mol. The number of carbonyl (C=O) groups is 2. The summed E-state index contributed by atoms with van der Waals surface area (Å²) in [6.45, 7) is -1.91. The fourth-order valence-electron chi connectivity index (χ4n) is 2.51. The molecule has 2 N–H and O–H groups in total. The highest BCUT2D eigenvalue weighted by molar-refractivity contribution is 5.96. The van der Waals surface area contributed by atoms with Crippen LogP contribution in [0.4, 0.5) is 8.78 Å². The minimum Gasteiger partial charge on any atom is -0.486 e. The second-order valence-electron chi connectivity index (χ2n) is 5.84. The zero-order valence-electron chi connectivity index (χ0n) is 14.7. The number of fused-ring (bicyclic) bond motifs is 1. The summed E-state index contributed by atoms with van der Waals surface area (Å²) in [7, 11) is 0. The number of rotatable bonds is 7. The molecule has 3 rings (SSSR count). The third-order valence-electron chi connectivity index (χ3n) is 3.85. The molecule has 0 bridgehead atoms. The maximum atomic E-state index is 12.1. The molecule has 148 valence electrons. The number of hydrogen-bond acceptors (Lipinski definition) is 5. The first-order valence-electron chi connectivity index (χ1n) is 8.49. The van der Waals surface area contributed by atoms with Crippen molar-refractivity contribution < 1.29 is 32.6 Å². The van der Waals surface area contributed by atoms with Crippen LogP contribution < -0.4 is 24.8 Å². The number of hydrogen-bond donors (Lipinski definition) is 2. The zero-order valence-corrected chi connectivity index (χ0v) is 14.7. The first kappa shape index (κ1) is 19.4. The van der Waals surface area contributed by atoms with E-state index in [-0.39, 0.29) is 30.3 Å². The Kier molecular flexibility index (Phi) is 6.25. The smallest absolute Gasteiger partial charge is 0.387 e. The highest BCUT2D eigenvalue weighted by atomic mass is 19.3. The van der Waals surface area contributed by atoms with E-state index in [0.717, 1.165) is 5.56 Å². The standard InChI is InChI=1S/C19H18F2N2O5/c20-19(21)28-14-4-2-13(3-5-14)18(25)23-11-17(24)22-10-12-1-6-15-16(9-12)27-8-7-26-15/h1-6,9,19H,7-8,10-11H2,(H,22,24)(H,23,25). The van der Waals surface area contributed by atoms with Crippen LogP contribution in [0.15, 0.2) is 42.5 Å². The zero-order chi connectivity index (χ0) is 19.9. The van der Waals surface area contributed by atoms with Gasteiger partial charge in [0.1, 0.15) is 19.0 Å². The third-order valence-corrected chi connectivity index (χ3v) is 3.85. The molecule has 1 aliphatic rings. The van der Waals surface area contributed by atoms with Gasteiger partial charge in [-0.2, -0.15) is 8.78 Å². The SMILES string of the molecule is O=C(CNC(=O)c1ccc(OC(F)F)cc1)NCc1ccc2c(c1)OCCO2. The molecule has 2 amide bonds. The molecule has 2 aromatic carbocycles. The van der Waals surface area contributed by atoms with E-state index in [2.05, 4.69) is 15.4 Å². The van der Waals surface area contributed by atoms with Gasteiger partial charge in [-0.25, -0.2) is 0 Å². The average molecular weight is 392 g/mol. The van der Waals surface area contributed by atoms with Crippen LogP contribution in [-0.4, -0.2) is 38.2 Å². The van der Waals surface area contributed by atoms with Gasteiger partial charge in [0.25, 0.3) is 5.91 Å². The molecule has 7 nitrogen and oxygen atoms in total. The normalized spacial score (nSPS) is 12.4. The fourth-order valence-corrected chi connectivity index (χ4v) is 2.51. The molecule has 0 atom stereocenters. The number of carbonyl (C=O) groups excluding carboxylic acids is 2. The van der Waals surface area contributed by atoms with Crippen LogP contribution in [0.1, 0.15) is 15.9 Å². The van der Waals surface area contributed by atoms with E-state index in [9.17, 15) is 18.4 Å². The topological polar surface area (TPSA) is 85.9 Å². The van der Waals surface area contributed by atoms with Crippen LogP contribution in [0.3, 0.4) is 0 Å². The Morgan fingerprint density at radius 3 is 2.43 bits per heavy atom. The second-order valence-corrected chi connectivity index (χ2v) is 5.84. The molecule has 9 heteroatoms. The van der Waals surface area contributed by atoms with Crippen molar-refractivity contribution in [3.05, 3.63) is 53.6 Å². The van der Waals surface area contributed by atoms with E-state index in [0.29, 0.717) is 24.7 Å². The molecule has 0 unspecified atom stereocenters. The highest BCUT2D eigenvalue weighted by Gasteiger charge is 2.13. The molecule has 0 saturated heterocycles. The van der Waals surface area contributed by atoms with Gasteiger partial charge in [0.15, 0.2) is 11.5 Å². The summed E-state index contributed by atoms with van der Waals surface area (Å²) >= 11 is 0. The molecule has 0 saturated carbocycles. The number of halogens is 2. The van der Waals surface area contributed by atoms with Crippen molar-refractivity contribution >= 4 is 11.8 Å². The van der Waals surface area contributed by atoms with Crippen molar-refractivity contribution in [1.29, 1.82) is 0 Å². The van der Waals surface area contributed by atoms with Crippen molar-refractivity contribution in [2.24, 2.45) is 0 Å². The Morgan fingerprint density at radius 2 is 1.71 bits per heavy atom. The number of benzene rings is 2. The van der Waals surface area contributed by atoms with E-state index < -0.39 is 12.5 Å². The lowest BCUT2D eigenvalue weighted by molar-refractivity contribution is -0.120. The van der Waals surface area contributed by atoms with Gasteiger partial charge in [0.05, 0.1) is 6.54 Å². The molecule has 1 aliphatic heterocycles. The van der Waals surface area contributed by atoms with Gasteiger partial charge in [-0.05, 0) is 42.0 Å². The molecule has 0 radical (unpaired) electrons. The predicted octanol–water partition coefficient (Wildman–Crippen LogP) is 2.11. The Labute approximate surface area is 159 Å². The summed E-state index contributed by atoms with van der Waals surface area (Å²) < 4.78 is 39.3. The van der Waals surface area contributed by atoms with Gasteiger partial charge in [-0.3, -0.25) is 9.59 Å².